The van der Waals surface area contributed by atoms with Crippen LogP contribution in [0.15, 0.2) is 36.5 Å². The molecule has 29 heavy (non-hydrogen) atoms. The molecule has 0 spiro atoms. The van der Waals surface area contributed by atoms with Gasteiger partial charge in [0.15, 0.2) is 0 Å². The van der Waals surface area contributed by atoms with Crippen LogP contribution in [-0.2, 0) is 0 Å². The van der Waals surface area contributed by atoms with Gasteiger partial charge in [-0.05, 0) is 57.1 Å². The molecule has 2 aromatic rings. The van der Waals surface area contributed by atoms with Crippen LogP contribution in [0.4, 0.5) is 14.6 Å². The fourth-order valence-corrected chi connectivity index (χ4v) is 3.59. The molecule has 7 heteroatoms. The number of anilines is 1. The first-order valence-electron chi connectivity index (χ1n) is 9.96. The molecule has 1 N–H and O–H groups in total. The summed E-state index contributed by atoms with van der Waals surface area (Å²) in [5.74, 6) is 0.0612. The summed E-state index contributed by atoms with van der Waals surface area (Å²) in [5, 5.41) is 3.12. The maximum Gasteiger partial charge on any atom is 0.255 e. The number of carbonyl (C=O) groups is 1. The lowest BCUT2D eigenvalue weighted by atomic mass is 9.99. The van der Waals surface area contributed by atoms with Crippen molar-refractivity contribution in [1.82, 2.24) is 14.8 Å². The second kappa shape index (κ2) is 9.31. The minimum atomic E-state index is -0.574. The summed E-state index contributed by atoms with van der Waals surface area (Å²) in [5.41, 5.74) is 0.575. The van der Waals surface area contributed by atoms with E-state index in [1.807, 2.05) is 4.90 Å². The van der Waals surface area contributed by atoms with E-state index in [1.165, 1.54) is 18.2 Å². The number of hydrogen-bond donors (Lipinski definition) is 1. The van der Waals surface area contributed by atoms with E-state index in [0.717, 1.165) is 25.9 Å². The van der Waals surface area contributed by atoms with Crippen LogP contribution in [0.1, 0.15) is 41.7 Å². The molecule has 1 aliphatic heterocycles. The summed E-state index contributed by atoms with van der Waals surface area (Å²) in [6, 6.07) is 6.84. The number of likely N-dealkylation sites (N-methyl/N-ethyl adjacent to an activating group) is 1. The van der Waals surface area contributed by atoms with E-state index in [2.05, 4.69) is 17.2 Å². The molecular formula is C22H28F2N4O. The van der Waals surface area contributed by atoms with E-state index in [9.17, 15) is 13.6 Å². The van der Waals surface area contributed by atoms with E-state index < -0.39 is 17.7 Å². The first-order valence-corrected chi connectivity index (χ1v) is 9.96. The van der Waals surface area contributed by atoms with Gasteiger partial charge in [-0.2, -0.15) is 0 Å². The molecule has 1 aliphatic rings. The van der Waals surface area contributed by atoms with Crippen molar-refractivity contribution < 1.29 is 13.6 Å². The molecule has 0 bridgehead atoms. The molecule has 0 saturated carbocycles. The van der Waals surface area contributed by atoms with Crippen LogP contribution in [0.3, 0.4) is 0 Å². The first kappa shape index (κ1) is 21.2. The Kier molecular flexibility index (Phi) is 6.79. The van der Waals surface area contributed by atoms with Crippen molar-refractivity contribution >= 4 is 11.7 Å². The summed E-state index contributed by atoms with van der Waals surface area (Å²) in [6.07, 6.45) is 3.60. The van der Waals surface area contributed by atoms with Gasteiger partial charge in [0.1, 0.15) is 17.5 Å². The molecule has 1 amide bonds. The van der Waals surface area contributed by atoms with E-state index >= 15 is 0 Å². The van der Waals surface area contributed by atoms with Gasteiger partial charge in [-0.25, -0.2) is 13.8 Å². The zero-order valence-electron chi connectivity index (χ0n) is 17.2. The highest BCUT2D eigenvalue weighted by atomic mass is 19.1. The summed E-state index contributed by atoms with van der Waals surface area (Å²) in [6.45, 7) is 4.03. The topological polar surface area (TPSA) is 48.5 Å². The summed E-state index contributed by atoms with van der Waals surface area (Å²) >= 11 is 0. The summed E-state index contributed by atoms with van der Waals surface area (Å²) in [7, 11) is 3.54. The molecule has 0 aliphatic carbocycles. The molecule has 0 radical (unpaired) electrons. The van der Waals surface area contributed by atoms with E-state index in [0.29, 0.717) is 17.3 Å². The average molecular weight is 402 g/mol. The van der Waals surface area contributed by atoms with E-state index in [1.54, 1.807) is 37.3 Å². The minimum absolute atomic E-state index is 0.00412. The Morgan fingerprint density at radius 1 is 1.21 bits per heavy atom. The molecule has 5 nitrogen and oxygen atoms in total. The summed E-state index contributed by atoms with van der Waals surface area (Å²) in [4.78, 5) is 20.5. The number of nitrogens with zero attached hydrogens (tertiary/aromatic N) is 3. The third kappa shape index (κ3) is 5.09. The van der Waals surface area contributed by atoms with Gasteiger partial charge in [0.25, 0.3) is 5.91 Å². The van der Waals surface area contributed by atoms with Crippen molar-refractivity contribution in [2.24, 2.45) is 5.92 Å². The third-order valence-electron chi connectivity index (χ3n) is 5.51. The molecule has 1 unspecified atom stereocenters. The number of amides is 1. The number of halogens is 2. The molecule has 156 valence electrons. The Morgan fingerprint density at radius 3 is 2.41 bits per heavy atom. The Balaban J connectivity index is 1.65. The second-order valence-electron chi connectivity index (χ2n) is 7.90. The minimum Gasteiger partial charge on any atom is -0.368 e. The van der Waals surface area contributed by atoms with Gasteiger partial charge in [0, 0.05) is 31.4 Å². The highest BCUT2D eigenvalue weighted by Gasteiger charge is 2.23. The van der Waals surface area contributed by atoms with Crippen molar-refractivity contribution in [1.29, 1.82) is 0 Å². The van der Waals surface area contributed by atoms with Gasteiger partial charge in [0.2, 0.25) is 0 Å². The maximum atomic E-state index is 14.2. The number of aromatic nitrogens is 1. The number of piperidine rings is 1. The highest BCUT2D eigenvalue weighted by molar-refractivity contribution is 5.94. The van der Waals surface area contributed by atoms with Gasteiger partial charge >= 0.3 is 0 Å². The zero-order valence-corrected chi connectivity index (χ0v) is 17.2. The maximum absolute atomic E-state index is 14.2. The van der Waals surface area contributed by atoms with Crippen molar-refractivity contribution in [3.05, 3.63) is 59.3 Å². The number of rotatable bonds is 6. The summed E-state index contributed by atoms with van der Waals surface area (Å²) < 4.78 is 28.4. The number of carbonyl (C=O) groups excluding carboxylic acids is 1. The molecule has 1 aromatic heterocycles. The quantitative estimate of drug-likeness (QED) is 0.795. The Bertz CT molecular complexity index is 813. The van der Waals surface area contributed by atoms with Gasteiger partial charge < -0.3 is 15.1 Å². The third-order valence-corrected chi connectivity index (χ3v) is 5.51. The lowest BCUT2D eigenvalue weighted by molar-refractivity contribution is 0.0697. The van der Waals surface area contributed by atoms with Crippen LogP contribution in [0.5, 0.6) is 0 Å². The van der Waals surface area contributed by atoms with Crippen molar-refractivity contribution in [2.75, 3.05) is 39.0 Å². The van der Waals surface area contributed by atoms with Crippen molar-refractivity contribution in [3.63, 3.8) is 0 Å². The molecule has 1 aromatic carbocycles. The largest absolute Gasteiger partial charge is 0.368 e. The number of nitrogens with one attached hydrogen (secondary N) is 1. The molecular weight excluding hydrogens is 374 g/mol. The van der Waals surface area contributed by atoms with Crippen LogP contribution < -0.4 is 5.32 Å². The Hall–Kier alpha value is -2.54. The average Bonchev–Trinajstić information content (AvgIpc) is 2.70. The lowest BCUT2D eigenvalue weighted by Crippen LogP contribution is -2.37. The smallest absolute Gasteiger partial charge is 0.255 e. The van der Waals surface area contributed by atoms with Gasteiger partial charge in [-0.1, -0.05) is 13.0 Å². The first-order chi connectivity index (χ1) is 13.9. The van der Waals surface area contributed by atoms with Crippen LogP contribution >= 0.6 is 0 Å². The highest BCUT2D eigenvalue weighted by Crippen LogP contribution is 2.25. The predicted octanol–water partition coefficient (Wildman–Crippen LogP) is 3.95. The Labute approximate surface area is 170 Å². The van der Waals surface area contributed by atoms with Gasteiger partial charge in [-0.15, -0.1) is 0 Å². The predicted molar refractivity (Wildman–Crippen MR) is 110 cm³/mol. The molecule has 1 fully saturated rings. The SMILES string of the molecule is CC1CCN(C(=O)c2ccc(NCC(c3c(F)cccc3F)N(C)C)nc2)CC1. The normalized spacial score (nSPS) is 16.1. The lowest BCUT2D eigenvalue weighted by Gasteiger charge is -2.30. The van der Waals surface area contributed by atoms with Crippen molar-refractivity contribution in [3.8, 4) is 0 Å². The van der Waals surface area contributed by atoms with Crippen molar-refractivity contribution in [2.45, 2.75) is 25.8 Å². The fourth-order valence-electron chi connectivity index (χ4n) is 3.59. The molecule has 1 saturated heterocycles. The van der Waals surface area contributed by atoms with Crippen LogP contribution in [0, 0.1) is 17.6 Å². The Morgan fingerprint density at radius 2 is 1.86 bits per heavy atom. The second-order valence-corrected chi connectivity index (χ2v) is 7.90. The van der Waals surface area contributed by atoms with Crippen LogP contribution in [0.2, 0.25) is 0 Å². The van der Waals surface area contributed by atoms with Gasteiger partial charge in [0.05, 0.1) is 11.6 Å². The van der Waals surface area contributed by atoms with E-state index in [-0.39, 0.29) is 18.0 Å². The van der Waals surface area contributed by atoms with Crippen LogP contribution in [0.25, 0.3) is 0 Å². The van der Waals surface area contributed by atoms with Gasteiger partial charge in [-0.3, -0.25) is 4.79 Å². The zero-order chi connectivity index (χ0) is 21.0. The number of likely N-dealkylation sites (tertiary alicyclic amines) is 1. The molecule has 1 atom stereocenters. The molecule has 2 heterocycles. The number of pyridine rings is 1. The van der Waals surface area contributed by atoms with Crippen LogP contribution in [-0.4, -0.2) is 54.4 Å². The number of benzene rings is 1. The molecule has 3 rings (SSSR count). The fraction of sp³-hybridized carbons (Fsp3) is 0.455. The standard InChI is InChI=1S/C22H28F2N4O/c1-15-9-11-28(12-10-15)22(29)16-7-8-20(25-13-16)26-14-19(27(2)3)21-17(23)5-4-6-18(21)24/h4-8,13,15,19H,9-12,14H2,1-3H3,(H,25,26). The number of hydrogen-bond acceptors (Lipinski definition) is 4. The van der Waals surface area contributed by atoms with E-state index in [4.69, 9.17) is 0 Å². The monoisotopic (exact) mass is 402 g/mol.